The molecule has 0 unspecified atom stereocenters. The normalized spacial score (nSPS) is 11.5. The first-order chi connectivity index (χ1) is 36.7. The number of para-hydroxylation sites is 2. The zero-order valence-electron chi connectivity index (χ0n) is 40.1. The molecule has 0 radical (unpaired) electrons. The predicted octanol–water partition coefficient (Wildman–Crippen LogP) is 17.1. The zero-order valence-corrected chi connectivity index (χ0v) is 40.1. The fraction of sp³-hybridized carbons (Fsp3) is 0. The first-order valence-corrected chi connectivity index (χ1v) is 25.0. The summed E-state index contributed by atoms with van der Waals surface area (Å²) in [6.07, 6.45) is 0. The average molecular weight is 945 g/mol. The lowest BCUT2D eigenvalue weighted by Crippen LogP contribution is -1.97. The van der Waals surface area contributed by atoms with E-state index in [4.69, 9.17) is 19.9 Å². The van der Waals surface area contributed by atoms with Crippen molar-refractivity contribution in [3.8, 4) is 90.3 Å². The van der Waals surface area contributed by atoms with Crippen LogP contribution in [-0.4, -0.2) is 29.1 Å². The maximum atomic E-state index is 5.16. The predicted molar refractivity (Wildman–Crippen MR) is 304 cm³/mol. The Balaban J connectivity index is 0.835. The second kappa shape index (κ2) is 18.0. The molecular weight excluding hydrogens is 901 g/mol. The molecule has 0 saturated heterocycles. The van der Waals surface area contributed by atoms with Crippen molar-refractivity contribution in [2.45, 2.75) is 0 Å². The van der Waals surface area contributed by atoms with E-state index in [0.717, 1.165) is 101 Å². The van der Waals surface area contributed by atoms with Crippen molar-refractivity contribution in [2.24, 2.45) is 0 Å². The van der Waals surface area contributed by atoms with Crippen LogP contribution < -0.4 is 0 Å². The Labute approximate surface area is 427 Å². The van der Waals surface area contributed by atoms with Crippen LogP contribution in [0.1, 0.15) is 0 Å². The molecule has 0 amide bonds. The van der Waals surface area contributed by atoms with E-state index in [0.29, 0.717) is 11.6 Å². The Hall–Kier alpha value is -10.0. The van der Waals surface area contributed by atoms with Gasteiger partial charge in [0.05, 0.1) is 44.8 Å². The molecule has 0 spiro atoms. The third-order valence-corrected chi connectivity index (χ3v) is 14.2. The molecule has 0 aliphatic rings. The minimum Gasteiger partial charge on any atom is -0.309 e. The van der Waals surface area contributed by atoms with E-state index in [9.17, 15) is 0 Å². The van der Waals surface area contributed by atoms with Crippen LogP contribution in [0.3, 0.4) is 0 Å². The molecule has 346 valence electrons. The molecule has 0 aliphatic heterocycles. The smallest absolute Gasteiger partial charge is 0.160 e. The minimum absolute atomic E-state index is 0.698. The summed E-state index contributed by atoms with van der Waals surface area (Å²) in [5, 5.41) is 4.80. The second-order valence-corrected chi connectivity index (χ2v) is 18.7. The van der Waals surface area contributed by atoms with Gasteiger partial charge in [-0.2, -0.15) is 0 Å². The van der Waals surface area contributed by atoms with E-state index < -0.39 is 0 Å². The molecule has 14 aromatic rings. The minimum atomic E-state index is 0.698. The lowest BCUT2D eigenvalue weighted by atomic mass is 10.0. The quantitative estimate of drug-likeness (QED) is 0.145. The molecule has 0 N–H and O–H groups in total. The van der Waals surface area contributed by atoms with E-state index >= 15 is 0 Å². The van der Waals surface area contributed by atoms with Crippen LogP contribution in [-0.2, 0) is 0 Å². The van der Waals surface area contributed by atoms with E-state index in [1.54, 1.807) is 0 Å². The SMILES string of the molecule is c1ccc(-c2cc(-c3ccc(-n4c5ccccc5c5cc(-c6ccc7c(c6)c6ccccc6n7-c6cccc(-c7cc(-c8ccccc8)nc(-c8ccccc8)n7)c6)ccc54)cc3)nc(-c3ccccc3)n2)cc1. The maximum Gasteiger partial charge on any atom is 0.160 e. The van der Waals surface area contributed by atoms with Crippen LogP contribution in [0.5, 0.6) is 0 Å². The summed E-state index contributed by atoms with van der Waals surface area (Å²) in [5.74, 6) is 1.40. The third kappa shape index (κ3) is 7.61. The highest BCUT2D eigenvalue weighted by Crippen LogP contribution is 2.40. The number of fused-ring (bicyclic) bond motifs is 6. The molecule has 0 aliphatic carbocycles. The van der Waals surface area contributed by atoms with Gasteiger partial charge < -0.3 is 9.13 Å². The molecule has 6 nitrogen and oxygen atoms in total. The van der Waals surface area contributed by atoms with Gasteiger partial charge in [0.15, 0.2) is 11.6 Å². The van der Waals surface area contributed by atoms with Crippen molar-refractivity contribution >= 4 is 43.6 Å². The van der Waals surface area contributed by atoms with E-state index in [2.05, 4.69) is 215 Å². The van der Waals surface area contributed by atoms with Crippen molar-refractivity contribution in [2.75, 3.05) is 0 Å². The molecule has 14 rings (SSSR count). The molecule has 0 fully saturated rings. The Morgan fingerprint density at radius 1 is 0.203 bits per heavy atom. The average Bonchev–Trinajstić information content (AvgIpc) is 4.00. The highest BCUT2D eigenvalue weighted by Gasteiger charge is 2.19. The summed E-state index contributed by atoms with van der Waals surface area (Å²) in [7, 11) is 0. The number of rotatable bonds is 9. The molecule has 0 saturated carbocycles. The summed E-state index contributed by atoms with van der Waals surface area (Å²) in [4.78, 5) is 20.3. The molecule has 4 aromatic heterocycles. The van der Waals surface area contributed by atoms with Crippen molar-refractivity contribution in [3.05, 3.63) is 267 Å². The number of aromatic nitrogens is 6. The van der Waals surface area contributed by atoms with Crippen LogP contribution in [0.25, 0.3) is 134 Å². The molecule has 6 heteroatoms. The van der Waals surface area contributed by atoms with E-state index in [-0.39, 0.29) is 0 Å². The molecule has 0 bridgehead atoms. The van der Waals surface area contributed by atoms with Crippen LogP contribution in [0.2, 0.25) is 0 Å². The van der Waals surface area contributed by atoms with Crippen molar-refractivity contribution in [1.29, 1.82) is 0 Å². The number of nitrogens with zero attached hydrogens (tertiary/aromatic N) is 6. The van der Waals surface area contributed by atoms with Crippen molar-refractivity contribution in [3.63, 3.8) is 0 Å². The second-order valence-electron chi connectivity index (χ2n) is 18.7. The molecule has 4 heterocycles. The van der Waals surface area contributed by atoms with Gasteiger partial charge in [0.1, 0.15) is 0 Å². The summed E-state index contributed by atoms with van der Waals surface area (Å²) in [5.41, 5.74) is 18.7. The molecule has 0 atom stereocenters. The summed E-state index contributed by atoms with van der Waals surface area (Å²) < 4.78 is 4.76. The van der Waals surface area contributed by atoms with Crippen LogP contribution in [0, 0.1) is 0 Å². The van der Waals surface area contributed by atoms with Gasteiger partial charge in [-0.1, -0.05) is 194 Å². The van der Waals surface area contributed by atoms with Gasteiger partial charge in [0, 0.05) is 66.3 Å². The fourth-order valence-electron chi connectivity index (χ4n) is 10.6. The lowest BCUT2D eigenvalue weighted by Gasteiger charge is -2.12. The topological polar surface area (TPSA) is 61.4 Å². The Morgan fingerprint density at radius 2 is 0.554 bits per heavy atom. The third-order valence-electron chi connectivity index (χ3n) is 14.2. The van der Waals surface area contributed by atoms with Crippen molar-refractivity contribution in [1.82, 2.24) is 29.1 Å². The van der Waals surface area contributed by atoms with Crippen LogP contribution in [0.15, 0.2) is 267 Å². The number of hydrogen-bond acceptors (Lipinski definition) is 4. The summed E-state index contributed by atoms with van der Waals surface area (Å²) in [6, 6.07) is 94.0. The Bertz CT molecular complexity index is 4280. The van der Waals surface area contributed by atoms with Gasteiger partial charge in [0.2, 0.25) is 0 Å². The summed E-state index contributed by atoms with van der Waals surface area (Å²) >= 11 is 0. The Kier molecular flexibility index (Phi) is 10.4. The molecule has 10 aromatic carbocycles. The summed E-state index contributed by atoms with van der Waals surface area (Å²) in [6.45, 7) is 0. The standard InChI is InChI=1S/C68H44N6/c1-5-18-45(19-6-1)59-43-61(71-67(69-59)48-22-9-3-10-23-48)47-32-36-53(37-33-47)73-63-30-15-13-28-55(63)57-41-50(34-38-65(57)73)51-35-39-66-58(42-51)56-29-14-16-31-64(56)74(66)54-27-17-26-52(40-54)62-44-60(46-20-7-2-8-21-46)70-68(72-62)49-24-11-4-12-25-49/h1-44H. The van der Waals surface area contributed by atoms with Crippen molar-refractivity contribution < 1.29 is 0 Å². The lowest BCUT2D eigenvalue weighted by molar-refractivity contribution is 1.16. The van der Waals surface area contributed by atoms with Gasteiger partial charge in [0.25, 0.3) is 0 Å². The molecular formula is C68H44N6. The zero-order chi connectivity index (χ0) is 49.0. The van der Waals surface area contributed by atoms with Gasteiger partial charge in [-0.05, 0) is 83.9 Å². The van der Waals surface area contributed by atoms with E-state index in [1.165, 1.54) is 21.5 Å². The maximum absolute atomic E-state index is 5.16. The van der Waals surface area contributed by atoms with Gasteiger partial charge >= 0.3 is 0 Å². The number of hydrogen-bond donors (Lipinski definition) is 0. The Morgan fingerprint density at radius 3 is 1.03 bits per heavy atom. The van der Waals surface area contributed by atoms with Crippen LogP contribution in [0.4, 0.5) is 0 Å². The fourth-order valence-corrected chi connectivity index (χ4v) is 10.6. The largest absolute Gasteiger partial charge is 0.309 e. The van der Waals surface area contributed by atoms with E-state index in [1.807, 2.05) is 60.7 Å². The van der Waals surface area contributed by atoms with Gasteiger partial charge in [-0.15, -0.1) is 0 Å². The van der Waals surface area contributed by atoms with Gasteiger partial charge in [-0.3, -0.25) is 0 Å². The highest BCUT2D eigenvalue weighted by atomic mass is 15.0. The highest BCUT2D eigenvalue weighted by molar-refractivity contribution is 6.12. The van der Waals surface area contributed by atoms with Gasteiger partial charge in [-0.25, -0.2) is 19.9 Å². The molecule has 74 heavy (non-hydrogen) atoms. The monoisotopic (exact) mass is 944 g/mol. The first kappa shape index (κ1) is 42.8. The number of benzene rings is 10. The first-order valence-electron chi connectivity index (χ1n) is 25.0. The van der Waals surface area contributed by atoms with Crippen LogP contribution >= 0.6 is 0 Å².